The van der Waals surface area contributed by atoms with Crippen LogP contribution in [0.3, 0.4) is 0 Å². The summed E-state index contributed by atoms with van der Waals surface area (Å²) in [6, 6.07) is 9.42. The van der Waals surface area contributed by atoms with Crippen molar-refractivity contribution < 1.29 is 8.94 Å². The zero-order chi connectivity index (χ0) is 10.3. The minimum absolute atomic E-state index is 0.300. The van der Waals surface area contributed by atoms with Crippen molar-refractivity contribution in [2.24, 2.45) is 0 Å². The third-order valence-corrected chi connectivity index (χ3v) is 2.28. The second kappa shape index (κ2) is 2.88. The van der Waals surface area contributed by atoms with Gasteiger partial charge in [-0.25, -0.2) is 0 Å². The summed E-state index contributed by atoms with van der Waals surface area (Å²) in [5, 5.41) is 4.89. The first kappa shape index (κ1) is 8.11. The maximum atomic E-state index is 5.48. The molecule has 0 saturated heterocycles. The van der Waals surface area contributed by atoms with Gasteiger partial charge in [0.15, 0.2) is 0 Å². The van der Waals surface area contributed by atoms with E-state index in [9.17, 15) is 0 Å². The number of nitrogens with zero attached hydrogens (tertiary/aromatic N) is 1. The molecule has 3 aromatic rings. The molecule has 4 nitrogen and oxygen atoms in total. The molecule has 0 aliphatic carbocycles. The summed E-state index contributed by atoms with van der Waals surface area (Å²) in [5.41, 5.74) is 7.85. The number of rotatable bonds is 1. The minimum Gasteiger partial charge on any atom is -0.464 e. The van der Waals surface area contributed by atoms with Crippen LogP contribution in [0, 0.1) is 0 Å². The van der Waals surface area contributed by atoms with Crippen molar-refractivity contribution in [2.75, 3.05) is 5.73 Å². The van der Waals surface area contributed by atoms with Crippen LogP contribution in [0.15, 0.2) is 45.5 Å². The zero-order valence-electron chi connectivity index (χ0n) is 7.81. The van der Waals surface area contributed by atoms with E-state index < -0.39 is 0 Å². The largest absolute Gasteiger partial charge is 0.464 e. The SMILES string of the molecule is Nc1cc(-c2cccc3ccoc23)no1. The average molecular weight is 200 g/mol. The van der Waals surface area contributed by atoms with Gasteiger partial charge < -0.3 is 14.7 Å². The van der Waals surface area contributed by atoms with Gasteiger partial charge in [0.05, 0.1) is 6.26 Å². The molecule has 0 fully saturated rings. The van der Waals surface area contributed by atoms with E-state index in [1.54, 1.807) is 12.3 Å². The summed E-state index contributed by atoms with van der Waals surface area (Å²) in [5.74, 6) is 0.300. The molecule has 0 saturated carbocycles. The first-order chi connectivity index (χ1) is 7.34. The number of furan rings is 1. The monoisotopic (exact) mass is 200 g/mol. The number of hydrogen-bond acceptors (Lipinski definition) is 4. The highest BCUT2D eigenvalue weighted by atomic mass is 16.5. The normalized spacial score (nSPS) is 10.9. The predicted octanol–water partition coefficient (Wildman–Crippen LogP) is 2.67. The maximum absolute atomic E-state index is 5.48. The molecule has 3 rings (SSSR count). The smallest absolute Gasteiger partial charge is 0.222 e. The van der Waals surface area contributed by atoms with Crippen LogP contribution in [-0.4, -0.2) is 5.16 Å². The van der Waals surface area contributed by atoms with Crippen molar-refractivity contribution in [1.82, 2.24) is 5.16 Å². The van der Waals surface area contributed by atoms with Gasteiger partial charge in [0.2, 0.25) is 5.88 Å². The summed E-state index contributed by atoms with van der Waals surface area (Å²) in [6.45, 7) is 0. The third-order valence-electron chi connectivity index (χ3n) is 2.28. The fourth-order valence-electron chi connectivity index (χ4n) is 1.61. The van der Waals surface area contributed by atoms with E-state index in [0.29, 0.717) is 11.6 Å². The molecule has 0 aliphatic rings. The van der Waals surface area contributed by atoms with E-state index in [2.05, 4.69) is 5.16 Å². The number of hydrogen-bond donors (Lipinski definition) is 1. The van der Waals surface area contributed by atoms with Gasteiger partial charge >= 0.3 is 0 Å². The Morgan fingerprint density at radius 1 is 1.20 bits per heavy atom. The molecule has 2 N–H and O–H groups in total. The first-order valence-corrected chi connectivity index (χ1v) is 4.53. The van der Waals surface area contributed by atoms with Gasteiger partial charge in [-0.3, -0.25) is 0 Å². The van der Waals surface area contributed by atoms with Crippen molar-refractivity contribution in [1.29, 1.82) is 0 Å². The molecule has 2 heterocycles. The number of nitrogens with two attached hydrogens (primary N) is 1. The van der Waals surface area contributed by atoms with Gasteiger partial charge in [-0.1, -0.05) is 17.3 Å². The molecular formula is C11H8N2O2. The molecule has 0 spiro atoms. The fraction of sp³-hybridized carbons (Fsp3) is 0. The van der Waals surface area contributed by atoms with Crippen molar-refractivity contribution in [2.45, 2.75) is 0 Å². The quantitative estimate of drug-likeness (QED) is 0.655. The Hall–Kier alpha value is -2.23. The topological polar surface area (TPSA) is 65.2 Å². The van der Waals surface area contributed by atoms with E-state index in [4.69, 9.17) is 14.7 Å². The van der Waals surface area contributed by atoms with Gasteiger partial charge in [0.25, 0.3) is 0 Å². The van der Waals surface area contributed by atoms with E-state index >= 15 is 0 Å². The highest BCUT2D eigenvalue weighted by molar-refractivity contribution is 5.91. The van der Waals surface area contributed by atoms with Gasteiger partial charge in [-0.05, 0) is 12.1 Å². The molecular weight excluding hydrogens is 192 g/mol. The summed E-state index contributed by atoms with van der Waals surface area (Å²) >= 11 is 0. The Bertz CT molecular complexity index is 610. The second-order valence-electron chi connectivity index (χ2n) is 3.26. The molecule has 0 atom stereocenters. The van der Waals surface area contributed by atoms with E-state index in [-0.39, 0.29) is 0 Å². The summed E-state index contributed by atoms with van der Waals surface area (Å²) in [7, 11) is 0. The molecule has 0 radical (unpaired) electrons. The zero-order valence-corrected chi connectivity index (χ0v) is 7.81. The number of fused-ring (bicyclic) bond motifs is 1. The molecule has 15 heavy (non-hydrogen) atoms. The van der Waals surface area contributed by atoms with Gasteiger partial charge in [0, 0.05) is 17.0 Å². The van der Waals surface area contributed by atoms with E-state index in [1.165, 1.54) is 0 Å². The summed E-state index contributed by atoms with van der Waals surface area (Å²) in [6.07, 6.45) is 1.65. The molecule has 0 bridgehead atoms. The summed E-state index contributed by atoms with van der Waals surface area (Å²) in [4.78, 5) is 0. The molecule has 1 aromatic carbocycles. The van der Waals surface area contributed by atoms with Crippen molar-refractivity contribution in [3.05, 3.63) is 36.6 Å². The van der Waals surface area contributed by atoms with Gasteiger partial charge in [-0.15, -0.1) is 0 Å². The number of aromatic nitrogens is 1. The first-order valence-electron chi connectivity index (χ1n) is 4.53. The van der Waals surface area contributed by atoms with Crippen LogP contribution in [0.4, 0.5) is 5.88 Å². The lowest BCUT2D eigenvalue weighted by molar-refractivity contribution is 0.439. The van der Waals surface area contributed by atoms with Crippen LogP contribution < -0.4 is 5.73 Å². The standard InChI is InChI=1S/C11H8N2O2/c12-10-6-9(13-15-10)8-3-1-2-7-4-5-14-11(7)8/h1-6H,12H2. The lowest BCUT2D eigenvalue weighted by Gasteiger charge is -1.95. The highest BCUT2D eigenvalue weighted by Gasteiger charge is 2.10. The van der Waals surface area contributed by atoms with Crippen LogP contribution in [0.2, 0.25) is 0 Å². The van der Waals surface area contributed by atoms with Crippen LogP contribution in [-0.2, 0) is 0 Å². The number of benzene rings is 1. The molecule has 0 aliphatic heterocycles. The Balaban J connectivity index is 2.30. The van der Waals surface area contributed by atoms with Crippen molar-refractivity contribution in [3.63, 3.8) is 0 Å². The minimum atomic E-state index is 0.300. The molecule has 4 heteroatoms. The summed E-state index contributed by atoms with van der Waals surface area (Å²) < 4.78 is 10.2. The van der Waals surface area contributed by atoms with Crippen LogP contribution in [0.5, 0.6) is 0 Å². The Kier molecular flexibility index (Phi) is 1.56. The maximum Gasteiger partial charge on any atom is 0.222 e. The van der Waals surface area contributed by atoms with Crippen LogP contribution in [0.1, 0.15) is 0 Å². The van der Waals surface area contributed by atoms with Gasteiger partial charge in [-0.2, -0.15) is 0 Å². The lowest BCUT2D eigenvalue weighted by Crippen LogP contribution is -1.78. The fourth-order valence-corrected chi connectivity index (χ4v) is 1.61. The molecule has 0 amide bonds. The Morgan fingerprint density at radius 2 is 2.13 bits per heavy atom. The van der Waals surface area contributed by atoms with Crippen LogP contribution in [0.25, 0.3) is 22.2 Å². The lowest BCUT2D eigenvalue weighted by atomic mass is 10.1. The van der Waals surface area contributed by atoms with E-state index in [1.807, 2.05) is 24.3 Å². The molecule has 74 valence electrons. The van der Waals surface area contributed by atoms with E-state index in [0.717, 1.165) is 16.5 Å². The number of nitrogen functional groups attached to an aromatic ring is 1. The van der Waals surface area contributed by atoms with Crippen LogP contribution >= 0.6 is 0 Å². The predicted molar refractivity (Wildman–Crippen MR) is 56.1 cm³/mol. The highest BCUT2D eigenvalue weighted by Crippen LogP contribution is 2.29. The number of anilines is 1. The third kappa shape index (κ3) is 1.19. The van der Waals surface area contributed by atoms with Crippen molar-refractivity contribution >= 4 is 16.9 Å². The molecule has 0 unspecified atom stereocenters. The second-order valence-corrected chi connectivity index (χ2v) is 3.26. The average Bonchev–Trinajstić information content (AvgIpc) is 2.84. The Labute approximate surface area is 85.3 Å². The van der Waals surface area contributed by atoms with Crippen molar-refractivity contribution in [3.8, 4) is 11.3 Å². The van der Waals surface area contributed by atoms with Gasteiger partial charge in [0.1, 0.15) is 11.3 Å². The Morgan fingerprint density at radius 3 is 2.93 bits per heavy atom. The molecule has 2 aromatic heterocycles. The number of para-hydroxylation sites is 1.